The maximum Gasteiger partial charge on any atom is 0.255 e. The number of hydrogen-bond donors (Lipinski definition) is 1. The van der Waals surface area contributed by atoms with Gasteiger partial charge in [0, 0.05) is 12.2 Å². The zero-order chi connectivity index (χ0) is 11.7. The van der Waals surface area contributed by atoms with E-state index in [2.05, 4.69) is 13.0 Å². The third-order valence-electron chi connectivity index (χ3n) is 2.98. The van der Waals surface area contributed by atoms with Crippen molar-refractivity contribution in [2.45, 2.75) is 32.8 Å². The van der Waals surface area contributed by atoms with Crippen LogP contribution in [0.4, 0.5) is 5.69 Å². The molecule has 1 amide bonds. The lowest BCUT2D eigenvalue weighted by molar-refractivity contribution is -0.125. The molecule has 3 nitrogen and oxygen atoms in total. The summed E-state index contributed by atoms with van der Waals surface area (Å²) in [4.78, 5) is 13.5. The van der Waals surface area contributed by atoms with Crippen molar-refractivity contribution in [1.29, 1.82) is 0 Å². The zero-order valence-corrected chi connectivity index (χ0v) is 9.73. The van der Waals surface area contributed by atoms with Crippen molar-refractivity contribution in [3.05, 3.63) is 29.3 Å². The van der Waals surface area contributed by atoms with Crippen LogP contribution in [0.1, 0.15) is 24.5 Å². The van der Waals surface area contributed by atoms with Gasteiger partial charge in [0.25, 0.3) is 5.91 Å². The summed E-state index contributed by atoms with van der Waals surface area (Å²) in [6, 6.07) is 6.10. The normalized spacial score (nSPS) is 16.8. The first-order chi connectivity index (χ1) is 7.59. The molecule has 0 spiro atoms. The second-order valence-corrected chi connectivity index (χ2v) is 4.40. The molecular formula is C13H17NO2. The lowest BCUT2D eigenvalue weighted by Crippen LogP contribution is -2.41. The first-order valence-electron chi connectivity index (χ1n) is 5.68. The molecule has 1 N–H and O–H groups in total. The van der Waals surface area contributed by atoms with Gasteiger partial charge in [0.2, 0.25) is 0 Å². The predicted molar refractivity (Wildman–Crippen MR) is 63.5 cm³/mol. The maximum absolute atomic E-state index is 11.8. The highest BCUT2D eigenvalue weighted by atomic mass is 16.3. The number of anilines is 1. The number of hydrogen-bond acceptors (Lipinski definition) is 2. The van der Waals surface area contributed by atoms with Crippen molar-refractivity contribution < 1.29 is 9.90 Å². The van der Waals surface area contributed by atoms with Gasteiger partial charge in [-0.25, -0.2) is 0 Å². The summed E-state index contributed by atoms with van der Waals surface area (Å²) in [5.74, 6) is -0.204. The molecule has 1 atom stereocenters. The first-order valence-corrected chi connectivity index (χ1v) is 5.68. The third-order valence-corrected chi connectivity index (χ3v) is 2.98. The van der Waals surface area contributed by atoms with Crippen LogP contribution in [0.5, 0.6) is 0 Å². The minimum absolute atomic E-state index is 0.204. The van der Waals surface area contributed by atoms with E-state index >= 15 is 0 Å². The van der Waals surface area contributed by atoms with Crippen LogP contribution in [0.15, 0.2) is 18.2 Å². The van der Waals surface area contributed by atoms with Crippen LogP contribution in [0, 0.1) is 6.92 Å². The van der Waals surface area contributed by atoms with Crippen LogP contribution in [-0.2, 0) is 11.2 Å². The first kappa shape index (κ1) is 11.1. The molecule has 1 aromatic rings. The summed E-state index contributed by atoms with van der Waals surface area (Å²) in [6.07, 6.45) is 1.06. The number of carbonyl (C=O) groups is 1. The van der Waals surface area contributed by atoms with Crippen molar-refractivity contribution >= 4 is 11.6 Å². The fraction of sp³-hybridized carbons (Fsp3) is 0.462. The largest absolute Gasteiger partial charge is 0.384 e. The molecule has 0 fully saturated rings. The molecule has 0 radical (unpaired) electrons. The zero-order valence-electron chi connectivity index (χ0n) is 9.73. The molecule has 0 saturated heterocycles. The second-order valence-electron chi connectivity index (χ2n) is 4.40. The van der Waals surface area contributed by atoms with Gasteiger partial charge in [-0.2, -0.15) is 0 Å². The summed E-state index contributed by atoms with van der Waals surface area (Å²) in [6.45, 7) is 4.28. The predicted octanol–water partition coefficient (Wildman–Crippen LogP) is 1.66. The Balaban J connectivity index is 2.37. The number of aryl methyl sites for hydroxylation is 2. The summed E-state index contributed by atoms with van der Waals surface area (Å²) in [5, 5.41) is 9.36. The van der Waals surface area contributed by atoms with E-state index < -0.39 is 6.10 Å². The number of aliphatic hydroxyl groups excluding tert-OH is 1. The van der Waals surface area contributed by atoms with Crippen molar-refractivity contribution in [3.63, 3.8) is 0 Å². The van der Waals surface area contributed by atoms with Gasteiger partial charge >= 0.3 is 0 Å². The Labute approximate surface area is 95.7 Å². The van der Waals surface area contributed by atoms with E-state index in [0.717, 1.165) is 18.5 Å². The summed E-state index contributed by atoms with van der Waals surface area (Å²) < 4.78 is 0. The van der Waals surface area contributed by atoms with Crippen molar-refractivity contribution in [2.75, 3.05) is 11.4 Å². The molecule has 2 rings (SSSR count). The van der Waals surface area contributed by atoms with Gasteiger partial charge in [0.05, 0.1) is 0 Å². The summed E-state index contributed by atoms with van der Waals surface area (Å²) in [7, 11) is 0. The number of fused-ring (bicyclic) bond motifs is 1. The Hall–Kier alpha value is -1.35. The van der Waals surface area contributed by atoms with E-state index in [4.69, 9.17) is 0 Å². The van der Waals surface area contributed by atoms with Crippen LogP contribution in [0.2, 0.25) is 0 Å². The number of amides is 1. The number of nitrogens with zero attached hydrogens (tertiary/aromatic N) is 1. The molecule has 0 saturated carbocycles. The van der Waals surface area contributed by atoms with Gasteiger partial charge in [-0.15, -0.1) is 0 Å². The van der Waals surface area contributed by atoms with Gasteiger partial charge in [-0.05, 0) is 38.3 Å². The topological polar surface area (TPSA) is 40.5 Å². The average molecular weight is 219 g/mol. The fourth-order valence-electron chi connectivity index (χ4n) is 2.18. The van der Waals surface area contributed by atoms with Gasteiger partial charge in [0.15, 0.2) is 0 Å². The molecule has 16 heavy (non-hydrogen) atoms. The van der Waals surface area contributed by atoms with E-state index in [0.29, 0.717) is 6.54 Å². The Morgan fingerprint density at radius 1 is 1.50 bits per heavy atom. The van der Waals surface area contributed by atoms with Crippen molar-refractivity contribution in [2.24, 2.45) is 0 Å². The van der Waals surface area contributed by atoms with Gasteiger partial charge < -0.3 is 10.0 Å². The molecule has 86 valence electrons. The Morgan fingerprint density at radius 2 is 2.25 bits per heavy atom. The van der Waals surface area contributed by atoms with E-state index in [-0.39, 0.29) is 5.91 Å². The number of aliphatic hydroxyl groups is 1. The van der Waals surface area contributed by atoms with E-state index in [1.807, 2.05) is 12.1 Å². The molecule has 3 heteroatoms. The fourth-order valence-corrected chi connectivity index (χ4v) is 2.18. The second kappa shape index (κ2) is 4.26. The number of rotatable bonds is 1. The SMILES string of the molecule is Cc1ccc2c(c1)CCCN2C(=O)C(C)O. The van der Waals surface area contributed by atoms with E-state index in [9.17, 15) is 9.90 Å². The standard InChI is InChI=1S/C13H17NO2/c1-9-5-6-12-11(8-9)4-3-7-14(12)13(16)10(2)15/h5-6,8,10,15H,3-4,7H2,1-2H3. The quantitative estimate of drug-likeness (QED) is 0.780. The van der Waals surface area contributed by atoms with Crippen molar-refractivity contribution in [1.82, 2.24) is 0 Å². The van der Waals surface area contributed by atoms with E-state index in [1.54, 1.807) is 4.90 Å². The molecule has 1 aliphatic heterocycles. The highest BCUT2D eigenvalue weighted by Gasteiger charge is 2.24. The lowest BCUT2D eigenvalue weighted by atomic mass is 9.99. The number of carbonyl (C=O) groups excluding carboxylic acids is 1. The van der Waals surface area contributed by atoms with Crippen LogP contribution < -0.4 is 4.90 Å². The molecule has 0 aliphatic carbocycles. The van der Waals surface area contributed by atoms with E-state index in [1.165, 1.54) is 18.1 Å². The smallest absolute Gasteiger partial charge is 0.255 e. The molecular weight excluding hydrogens is 202 g/mol. The molecule has 1 unspecified atom stereocenters. The number of benzene rings is 1. The summed E-state index contributed by atoms with van der Waals surface area (Å²) in [5.41, 5.74) is 3.38. The Morgan fingerprint density at radius 3 is 2.94 bits per heavy atom. The highest BCUT2D eigenvalue weighted by Crippen LogP contribution is 2.28. The summed E-state index contributed by atoms with van der Waals surface area (Å²) >= 11 is 0. The minimum atomic E-state index is -0.924. The molecule has 0 aromatic heterocycles. The van der Waals surface area contributed by atoms with Crippen LogP contribution in [0.3, 0.4) is 0 Å². The molecule has 1 aliphatic rings. The molecule has 0 bridgehead atoms. The van der Waals surface area contributed by atoms with Gasteiger partial charge in [-0.3, -0.25) is 4.79 Å². The van der Waals surface area contributed by atoms with Crippen LogP contribution >= 0.6 is 0 Å². The third kappa shape index (κ3) is 1.95. The minimum Gasteiger partial charge on any atom is -0.384 e. The maximum atomic E-state index is 11.8. The highest BCUT2D eigenvalue weighted by molar-refractivity contribution is 5.97. The lowest BCUT2D eigenvalue weighted by Gasteiger charge is -2.30. The average Bonchev–Trinajstić information content (AvgIpc) is 2.26. The van der Waals surface area contributed by atoms with Crippen LogP contribution in [0.25, 0.3) is 0 Å². The molecule has 1 aromatic carbocycles. The Kier molecular flexibility index (Phi) is 2.97. The Bertz CT molecular complexity index is 412. The van der Waals surface area contributed by atoms with Gasteiger partial charge in [-0.1, -0.05) is 17.7 Å². The van der Waals surface area contributed by atoms with Crippen LogP contribution in [-0.4, -0.2) is 23.7 Å². The monoisotopic (exact) mass is 219 g/mol. The molecule has 1 heterocycles. The van der Waals surface area contributed by atoms with Gasteiger partial charge in [0.1, 0.15) is 6.10 Å². The van der Waals surface area contributed by atoms with Crippen molar-refractivity contribution in [3.8, 4) is 0 Å².